The highest BCUT2D eigenvalue weighted by Crippen LogP contribution is 2.16. The lowest BCUT2D eigenvalue weighted by Gasteiger charge is -2.24. The summed E-state index contributed by atoms with van der Waals surface area (Å²) in [5.74, 6) is 4.85. The van der Waals surface area contributed by atoms with E-state index in [4.69, 9.17) is 11.5 Å². The molecule has 1 amide bonds. The fraction of sp³-hybridized carbons (Fsp3) is 0.357. The van der Waals surface area contributed by atoms with E-state index in [0.29, 0.717) is 5.56 Å². The molecule has 1 rings (SSSR count). The summed E-state index contributed by atoms with van der Waals surface area (Å²) in [5.41, 5.74) is 9.98. The molecule has 21 heavy (non-hydrogen) atoms. The molecule has 0 atom stereocenters. The monoisotopic (exact) mass is 309 g/mol. The van der Waals surface area contributed by atoms with Gasteiger partial charge in [0.2, 0.25) is 15.9 Å². The second-order valence-corrected chi connectivity index (χ2v) is 6.85. The second kappa shape index (κ2) is 6.72. The maximum absolute atomic E-state index is 12.3. The van der Waals surface area contributed by atoms with Gasteiger partial charge in [0.25, 0.3) is 0 Å². The van der Waals surface area contributed by atoms with Crippen molar-refractivity contribution in [3.05, 3.63) is 29.8 Å². The second-order valence-electron chi connectivity index (χ2n) is 5.17. The Hall–Kier alpha value is -1.88. The highest BCUT2D eigenvalue weighted by Gasteiger charge is 2.27. The molecule has 6 nitrogen and oxygen atoms in total. The van der Waals surface area contributed by atoms with Gasteiger partial charge in [0, 0.05) is 17.5 Å². The van der Waals surface area contributed by atoms with Crippen LogP contribution in [0.15, 0.2) is 29.2 Å². The van der Waals surface area contributed by atoms with Crippen LogP contribution in [-0.2, 0) is 14.8 Å². The Morgan fingerprint density at radius 3 is 2.62 bits per heavy atom. The Morgan fingerprint density at radius 1 is 1.38 bits per heavy atom. The zero-order chi connectivity index (χ0) is 16.1. The number of carbonyl (C=O) groups is 1. The van der Waals surface area contributed by atoms with Gasteiger partial charge >= 0.3 is 0 Å². The lowest BCUT2D eigenvalue weighted by molar-refractivity contribution is -0.119. The van der Waals surface area contributed by atoms with Crippen LogP contribution < -0.4 is 16.2 Å². The molecule has 0 unspecified atom stereocenters. The molecule has 0 saturated carbocycles. The molecule has 114 valence electrons. The van der Waals surface area contributed by atoms with Gasteiger partial charge in [-0.2, -0.15) is 0 Å². The minimum atomic E-state index is -3.77. The van der Waals surface area contributed by atoms with Gasteiger partial charge in [-0.1, -0.05) is 17.9 Å². The number of sulfonamides is 1. The fourth-order valence-electron chi connectivity index (χ4n) is 1.79. The van der Waals surface area contributed by atoms with Crippen LogP contribution in [0.3, 0.4) is 0 Å². The molecule has 0 aliphatic rings. The minimum Gasteiger partial charge on any atom is -0.370 e. The third-order valence-corrected chi connectivity index (χ3v) is 4.20. The first-order chi connectivity index (χ1) is 9.66. The SMILES string of the molecule is CC(C)(CC(N)=O)NS(=O)(=O)c1cccc(C#CCN)c1. The lowest BCUT2D eigenvalue weighted by Crippen LogP contribution is -2.45. The molecule has 7 heteroatoms. The zero-order valence-corrected chi connectivity index (χ0v) is 12.8. The van der Waals surface area contributed by atoms with E-state index < -0.39 is 21.5 Å². The lowest BCUT2D eigenvalue weighted by atomic mass is 10.0. The number of hydrogen-bond donors (Lipinski definition) is 3. The normalized spacial score (nSPS) is 11.6. The third kappa shape index (κ3) is 5.55. The summed E-state index contributed by atoms with van der Waals surface area (Å²) in [4.78, 5) is 11.0. The van der Waals surface area contributed by atoms with Gasteiger partial charge in [-0.25, -0.2) is 13.1 Å². The van der Waals surface area contributed by atoms with Gasteiger partial charge in [0.1, 0.15) is 0 Å². The molecular weight excluding hydrogens is 290 g/mol. The summed E-state index contributed by atoms with van der Waals surface area (Å²) in [6.07, 6.45) is -0.0983. The van der Waals surface area contributed by atoms with Crippen molar-refractivity contribution in [1.82, 2.24) is 4.72 Å². The van der Waals surface area contributed by atoms with Gasteiger partial charge in [-0.3, -0.25) is 4.79 Å². The Bertz CT molecular complexity index is 685. The van der Waals surface area contributed by atoms with Crippen LogP contribution in [0.25, 0.3) is 0 Å². The quantitative estimate of drug-likeness (QED) is 0.660. The van der Waals surface area contributed by atoms with Crippen molar-refractivity contribution < 1.29 is 13.2 Å². The highest BCUT2D eigenvalue weighted by molar-refractivity contribution is 7.89. The molecular formula is C14H19N3O3S. The molecule has 5 N–H and O–H groups in total. The average molecular weight is 309 g/mol. The van der Waals surface area contributed by atoms with E-state index in [1.165, 1.54) is 12.1 Å². The zero-order valence-electron chi connectivity index (χ0n) is 12.0. The first-order valence-corrected chi connectivity index (χ1v) is 7.76. The first kappa shape index (κ1) is 17.2. The Labute approximate surface area is 125 Å². The average Bonchev–Trinajstić information content (AvgIpc) is 2.33. The van der Waals surface area contributed by atoms with Crippen LogP contribution in [0.4, 0.5) is 0 Å². The summed E-state index contributed by atoms with van der Waals surface area (Å²) >= 11 is 0. The largest absolute Gasteiger partial charge is 0.370 e. The van der Waals surface area contributed by atoms with E-state index in [1.54, 1.807) is 26.0 Å². The van der Waals surface area contributed by atoms with Gasteiger partial charge in [0.15, 0.2) is 0 Å². The van der Waals surface area contributed by atoms with Crippen molar-refractivity contribution in [3.63, 3.8) is 0 Å². The number of carbonyl (C=O) groups excluding carboxylic acids is 1. The number of hydrogen-bond acceptors (Lipinski definition) is 4. The molecule has 1 aromatic rings. The number of benzene rings is 1. The topological polar surface area (TPSA) is 115 Å². The highest BCUT2D eigenvalue weighted by atomic mass is 32.2. The Kier molecular flexibility index (Phi) is 5.49. The van der Waals surface area contributed by atoms with Gasteiger partial charge in [-0.15, -0.1) is 0 Å². The van der Waals surface area contributed by atoms with E-state index in [2.05, 4.69) is 16.6 Å². The standard InChI is InChI=1S/C14H19N3O3S/c1-14(2,10-13(16)18)17-21(19,20)12-7-3-5-11(9-12)6-4-8-15/h3,5,7,9,17H,8,10,15H2,1-2H3,(H2,16,18). The van der Waals surface area contributed by atoms with E-state index in [0.717, 1.165) is 0 Å². The van der Waals surface area contributed by atoms with Crippen molar-refractivity contribution in [1.29, 1.82) is 0 Å². The van der Waals surface area contributed by atoms with Crippen LogP contribution in [-0.4, -0.2) is 26.4 Å². The van der Waals surface area contributed by atoms with Crippen LogP contribution >= 0.6 is 0 Å². The first-order valence-electron chi connectivity index (χ1n) is 6.27. The van der Waals surface area contributed by atoms with Crippen LogP contribution in [0.2, 0.25) is 0 Å². The van der Waals surface area contributed by atoms with Crippen molar-refractivity contribution in [2.75, 3.05) is 6.54 Å². The van der Waals surface area contributed by atoms with Crippen LogP contribution in [0.5, 0.6) is 0 Å². The molecule has 0 heterocycles. The summed E-state index contributed by atoms with van der Waals surface area (Å²) in [5, 5.41) is 0. The van der Waals surface area contributed by atoms with E-state index >= 15 is 0 Å². The number of nitrogens with two attached hydrogens (primary N) is 2. The summed E-state index contributed by atoms with van der Waals surface area (Å²) in [6.45, 7) is 3.38. The Morgan fingerprint density at radius 2 is 2.05 bits per heavy atom. The number of rotatable bonds is 5. The molecule has 0 aliphatic carbocycles. The van der Waals surface area contributed by atoms with E-state index in [9.17, 15) is 13.2 Å². The summed E-state index contributed by atoms with van der Waals surface area (Å²) in [7, 11) is -3.77. The van der Waals surface area contributed by atoms with Crippen LogP contribution in [0.1, 0.15) is 25.8 Å². The summed E-state index contributed by atoms with van der Waals surface area (Å²) in [6, 6.07) is 6.19. The van der Waals surface area contributed by atoms with Crippen molar-refractivity contribution in [2.24, 2.45) is 11.5 Å². The molecule has 0 fully saturated rings. The van der Waals surface area contributed by atoms with Gasteiger partial charge in [-0.05, 0) is 32.0 Å². The summed E-state index contributed by atoms with van der Waals surface area (Å²) < 4.78 is 27.1. The molecule has 0 spiro atoms. The van der Waals surface area contributed by atoms with E-state index in [1.807, 2.05) is 0 Å². The maximum Gasteiger partial charge on any atom is 0.241 e. The molecule has 0 aromatic heterocycles. The predicted molar refractivity (Wildman–Crippen MR) is 80.6 cm³/mol. The predicted octanol–water partition coefficient (Wildman–Crippen LogP) is -0.0709. The fourth-order valence-corrected chi connectivity index (χ4v) is 3.25. The molecule has 0 bridgehead atoms. The number of amides is 1. The minimum absolute atomic E-state index is 0.0730. The molecule has 0 radical (unpaired) electrons. The molecule has 1 aromatic carbocycles. The number of primary amides is 1. The third-order valence-electron chi connectivity index (χ3n) is 2.51. The number of nitrogens with one attached hydrogen (secondary N) is 1. The van der Waals surface area contributed by atoms with E-state index in [-0.39, 0.29) is 17.9 Å². The van der Waals surface area contributed by atoms with Gasteiger partial charge < -0.3 is 11.5 Å². The van der Waals surface area contributed by atoms with Crippen LogP contribution in [0, 0.1) is 11.8 Å². The van der Waals surface area contributed by atoms with Gasteiger partial charge in [0.05, 0.1) is 11.4 Å². The van der Waals surface area contributed by atoms with Crippen molar-refractivity contribution in [3.8, 4) is 11.8 Å². The van der Waals surface area contributed by atoms with Crippen molar-refractivity contribution in [2.45, 2.75) is 30.7 Å². The van der Waals surface area contributed by atoms with Crippen molar-refractivity contribution >= 4 is 15.9 Å². The molecule has 0 saturated heterocycles. The Balaban J connectivity index is 3.05. The maximum atomic E-state index is 12.3. The molecule has 0 aliphatic heterocycles. The smallest absolute Gasteiger partial charge is 0.241 e.